The van der Waals surface area contributed by atoms with Crippen LogP contribution in [0.15, 0.2) is 170 Å². The summed E-state index contributed by atoms with van der Waals surface area (Å²) in [6.07, 6.45) is 0. The fourth-order valence-corrected chi connectivity index (χ4v) is 8.83. The third kappa shape index (κ3) is 3.46. The summed E-state index contributed by atoms with van der Waals surface area (Å²) in [5.74, 6) is 0. The van der Waals surface area contributed by atoms with Gasteiger partial charge in [-0.25, -0.2) is 0 Å². The molecule has 0 unspecified atom stereocenters. The molecule has 0 atom stereocenters. The third-order valence-corrected chi connectivity index (χ3v) is 10.5. The molecule has 7 aromatic carbocycles. The summed E-state index contributed by atoms with van der Waals surface area (Å²) in [7, 11) is 0. The Labute approximate surface area is 276 Å². The van der Waals surface area contributed by atoms with E-state index in [1.54, 1.807) is 0 Å². The van der Waals surface area contributed by atoms with Crippen molar-refractivity contribution in [2.75, 3.05) is 9.71 Å². The minimum absolute atomic E-state index is 0.00129. The first kappa shape index (κ1) is 26.4. The van der Waals surface area contributed by atoms with Gasteiger partial charge in [0.05, 0.1) is 11.1 Å². The Morgan fingerprint density at radius 1 is 0.489 bits per heavy atom. The Balaban J connectivity index is 1.39. The van der Waals surface area contributed by atoms with Gasteiger partial charge in [0.25, 0.3) is 0 Å². The Hall–Kier alpha value is -5.80. The van der Waals surface area contributed by atoms with Crippen LogP contribution >= 0.6 is 0 Å². The standard InChI is InChI=1S/C44H31BN2/c1-30-28-35-34-22-11-13-26-39(34)47(33-20-9-4-10-21-33)45-38-25-15-24-37-43(38)46(41(29-30)42(35)45)40-27-14-12-23-36(40)44(37,31-16-5-2-6-17-31)32-18-7-3-8-19-32/h2-29H,1H3. The molecule has 3 aliphatic heterocycles. The van der Waals surface area contributed by atoms with E-state index in [2.05, 4.69) is 186 Å². The van der Waals surface area contributed by atoms with Crippen molar-refractivity contribution < 1.29 is 0 Å². The molecule has 0 spiro atoms. The first-order chi connectivity index (χ1) is 23.3. The summed E-state index contributed by atoms with van der Waals surface area (Å²) in [5, 5.41) is 0. The van der Waals surface area contributed by atoms with Crippen LogP contribution in [0, 0.1) is 6.92 Å². The molecular formula is C44H31BN2. The maximum Gasteiger partial charge on any atom is 0.333 e. The number of para-hydroxylation sites is 4. The van der Waals surface area contributed by atoms with E-state index in [0.717, 1.165) is 0 Å². The first-order valence-corrected chi connectivity index (χ1v) is 16.5. The number of aryl methyl sites for hydroxylation is 1. The Morgan fingerprint density at radius 2 is 1.09 bits per heavy atom. The lowest BCUT2D eigenvalue weighted by Gasteiger charge is -2.52. The number of anilines is 5. The average molecular weight is 599 g/mol. The fraction of sp³-hybridized carbons (Fsp3) is 0.0455. The number of benzene rings is 7. The molecule has 0 bridgehead atoms. The van der Waals surface area contributed by atoms with Crippen LogP contribution in [0.5, 0.6) is 0 Å². The van der Waals surface area contributed by atoms with Crippen LogP contribution < -0.4 is 20.6 Å². The van der Waals surface area contributed by atoms with E-state index in [-0.39, 0.29) is 6.85 Å². The van der Waals surface area contributed by atoms with Gasteiger partial charge in [-0.1, -0.05) is 140 Å². The second-order valence-electron chi connectivity index (χ2n) is 12.9. The van der Waals surface area contributed by atoms with Crippen molar-refractivity contribution in [2.45, 2.75) is 12.3 Å². The highest BCUT2D eigenvalue weighted by Crippen LogP contribution is 2.59. The molecule has 7 aromatic rings. The van der Waals surface area contributed by atoms with Gasteiger partial charge in [0.1, 0.15) is 0 Å². The summed E-state index contributed by atoms with van der Waals surface area (Å²) >= 11 is 0. The molecule has 2 nitrogen and oxygen atoms in total. The maximum atomic E-state index is 2.59. The van der Waals surface area contributed by atoms with Crippen molar-refractivity contribution in [3.63, 3.8) is 0 Å². The largest absolute Gasteiger partial charge is 0.376 e. The van der Waals surface area contributed by atoms with Gasteiger partial charge in [0.2, 0.25) is 0 Å². The van der Waals surface area contributed by atoms with Gasteiger partial charge in [0, 0.05) is 28.3 Å². The third-order valence-electron chi connectivity index (χ3n) is 10.5. The molecule has 3 heterocycles. The lowest BCUT2D eigenvalue weighted by molar-refractivity contribution is 0.732. The molecule has 0 aliphatic carbocycles. The summed E-state index contributed by atoms with van der Waals surface area (Å²) in [4.78, 5) is 5.17. The Morgan fingerprint density at radius 3 is 1.81 bits per heavy atom. The molecule has 47 heavy (non-hydrogen) atoms. The van der Waals surface area contributed by atoms with Crippen molar-refractivity contribution in [2.24, 2.45) is 0 Å². The van der Waals surface area contributed by atoms with Gasteiger partial charge in [-0.3, -0.25) is 0 Å². The first-order valence-electron chi connectivity index (χ1n) is 16.5. The van der Waals surface area contributed by atoms with Gasteiger partial charge >= 0.3 is 6.85 Å². The molecule has 0 radical (unpaired) electrons. The van der Waals surface area contributed by atoms with Gasteiger partial charge in [-0.05, 0) is 81.6 Å². The summed E-state index contributed by atoms with van der Waals surface area (Å²) in [6, 6.07) is 63.1. The number of hydrogen-bond donors (Lipinski definition) is 0. The van der Waals surface area contributed by atoms with Crippen molar-refractivity contribution in [3.8, 4) is 11.1 Å². The topological polar surface area (TPSA) is 6.48 Å². The zero-order valence-electron chi connectivity index (χ0n) is 26.1. The minimum Gasteiger partial charge on any atom is -0.376 e. The lowest BCUT2D eigenvalue weighted by Crippen LogP contribution is -2.62. The number of rotatable bonds is 3. The second kappa shape index (κ2) is 9.85. The molecule has 3 aliphatic rings. The number of nitrogens with zero attached hydrogens (tertiary/aromatic N) is 2. The van der Waals surface area contributed by atoms with Crippen LogP contribution in [0.1, 0.15) is 27.8 Å². The van der Waals surface area contributed by atoms with Crippen LogP contribution in [0.25, 0.3) is 11.1 Å². The predicted molar refractivity (Wildman–Crippen MR) is 197 cm³/mol. The summed E-state index contributed by atoms with van der Waals surface area (Å²) < 4.78 is 0. The molecule has 0 amide bonds. The van der Waals surface area contributed by atoms with Crippen LogP contribution in [-0.4, -0.2) is 6.85 Å². The van der Waals surface area contributed by atoms with Crippen LogP contribution in [0.4, 0.5) is 28.4 Å². The van der Waals surface area contributed by atoms with E-state index in [4.69, 9.17) is 0 Å². The molecule has 0 aromatic heterocycles. The normalized spacial score (nSPS) is 14.5. The van der Waals surface area contributed by atoms with Crippen LogP contribution in [0.3, 0.4) is 0 Å². The lowest BCUT2D eigenvalue weighted by atomic mass is 9.42. The van der Waals surface area contributed by atoms with E-state index in [9.17, 15) is 0 Å². The SMILES string of the molecule is Cc1cc2c3c(c1)N1c4ccccc4C(c4ccccc4)(c4ccccc4)c4cccc(c41)B3N(c1ccccc1)c1ccccc1-2. The van der Waals surface area contributed by atoms with Crippen molar-refractivity contribution in [3.05, 3.63) is 198 Å². The maximum absolute atomic E-state index is 2.59. The van der Waals surface area contributed by atoms with Crippen LogP contribution in [0.2, 0.25) is 0 Å². The van der Waals surface area contributed by atoms with Crippen molar-refractivity contribution >= 4 is 46.2 Å². The Kier molecular flexibility index (Phi) is 5.54. The van der Waals surface area contributed by atoms with Crippen molar-refractivity contribution in [1.82, 2.24) is 0 Å². The highest BCUT2D eigenvalue weighted by atomic mass is 15.2. The highest BCUT2D eigenvalue weighted by Gasteiger charge is 2.52. The van der Waals surface area contributed by atoms with Gasteiger partial charge in [-0.2, -0.15) is 0 Å². The molecule has 220 valence electrons. The monoisotopic (exact) mass is 598 g/mol. The molecular weight excluding hydrogens is 567 g/mol. The Bertz CT molecular complexity index is 2290. The predicted octanol–water partition coefficient (Wildman–Crippen LogP) is 9.40. The zero-order chi connectivity index (χ0) is 31.1. The fourth-order valence-electron chi connectivity index (χ4n) is 8.83. The second-order valence-corrected chi connectivity index (χ2v) is 12.9. The van der Waals surface area contributed by atoms with Gasteiger partial charge in [-0.15, -0.1) is 0 Å². The quantitative estimate of drug-likeness (QED) is 0.187. The molecule has 0 fully saturated rings. The number of fused-ring (bicyclic) bond motifs is 6. The van der Waals surface area contributed by atoms with Gasteiger partial charge < -0.3 is 9.71 Å². The average Bonchev–Trinajstić information content (AvgIpc) is 3.14. The number of hydrogen-bond acceptors (Lipinski definition) is 2. The van der Waals surface area contributed by atoms with Gasteiger partial charge in [0.15, 0.2) is 0 Å². The van der Waals surface area contributed by atoms with Crippen molar-refractivity contribution in [1.29, 1.82) is 0 Å². The molecule has 0 N–H and O–H groups in total. The smallest absolute Gasteiger partial charge is 0.333 e. The molecule has 10 rings (SSSR count). The van der Waals surface area contributed by atoms with Crippen LogP contribution in [-0.2, 0) is 5.41 Å². The van der Waals surface area contributed by atoms with E-state index in [1.165, 1.54) is 78.3 Å². The van der Waals surface area contributed by atoms with E-state index in [0.29, 0.717) is 0 Å². The van der Waals surface area contributed by atoms with E-state index >= 15 is 0 Å². The molecule has 0 saturated carbocycles. The summed E-state index contributed by atoms with van der Waals surface area (Å²) in [5.41, 5.74) is 17.4. The minimum atomic E-state index is -0.505. The highest BCUT2D eigenvalue weighted by molar-refractivity contribution is 6.93. The molecule has 0 saturated heterocycles. The molecule has 3 heteroatoms. The van der Waals surface area contributed by atoms with E-state index in [1.807, 2.05) is 0 Å². The van der Waals surface area contributed by atoms with E-state index < -0.39 is 5.41 Å². The zero-order valence-corrected chi connectivity index (χ0v) is 26.1. The summed E-state index contributed by atoms with van der Waals surface area (Å²) in [6.45, 7) is 2.24.